The number of phenols is 1. The summed E-state index contributed by atoms with van der Waals surface area (Å²) < 4.78 is 5.41. The number of anilines is 1. The Labute approximate surface area is 109 Å². The molecule has 0 saturated carbocycles. The van der Waals surface area contributed by atoms with Crippen molar-refractivity contribution in [1.29, 1.82) is 0 Å². The maximum Gasteiger partial charge on any atom is 0.291 e. The number of nitrogens with one attached hydrogen (secondary N) is 1. The molecule has 0 saturated heterocycles. The highest BCUT2D eigenvalue weighted by atomic mass is 16.3. The summed E-state index contributed by atoms with van der Waals surface area (Å²) in [7, 11) is 0. The van der Waals surface area contributed by atoms with Crippen molar-refractivity contribution in [2.75, 3.05) is 5.32 Å². The van der Waals surface area contributed by atoms with Gasteiger partial charge in [-0.15, -0.1) is 0 Å². The van der Waals surface area contributed by atoms with Crippen molar-refractivity contribution < 1.29 is 14.3 Å². The van der Waals surface area contributed by atoms with E-state index in [1.165, 1.54) is 6.07 Å². The maximum atomic E-state index is 12.0. The Bertz CT molecular complexity index is 731. The molecule has 1 amide bonds. The molecular weight excluding hydrogens is 242 g/mol. The van der Waals surface area contributed by atoms with Crippen LogP contribution >= 0.6 is 0 Å². The standard InChI is InChI=1S/C15H11NO3/c17-12-7-6-10-8-14(19-13(10)9-12)15(18)16-11-4-2-1-3-5-11/h1-9,17H,(H,16,18). The molecule has 0 radical (unpaired) electrons. The van der Waals surface area contributed by atoms with Crippen LogP contribution in [-0.4, -0.2) is 11.0 Å². The Morgan fingerprint density at radius 1 is 1.05 bits per heavy atom. The Kier molecular flexibility index (Phi) is 2.68. The Hall–Kier alpha value is -2.75. The van der Waals surface area contributed by atoms with Gasteiger partial charge < -0.3 is 14.8 Å². The molecule has 0 aliphatic carbocycles. The molecular formula is C15H11NO3. The minimum absolute atomic E-state index is 0.108. The van der Waals surface area contributed by atoms with E-state index in [9.17, 15) is 9.90 Å². The number of fused-ring (bicyclic) bond motifs is 1. The number of benzene rings is 2. The van der Waals surface area contributed by atoms with E-state index in [2.05, 4.69) is 5.32 Å². The third-order valence-electron chi connectivity index (χ3n) is 2.76. The first kappa shape index (κ1) is 11.3. The highest BCUT2D eigenvalue weighted by Crippen LogP contribution is 2.24. The molecule has 4 heteroatoms. The molecule has 19 heavy (non-hydrogen) atoms. The topological polar surface area (TPSA) is 62.5 Å². The van der Waals surface area contributed by atoms with Crippen LogP contribution in [0, 0.1) is 0 Å². The fourth-order valence-electron chi connectivity index (χ4n) is 1.85. The normalized spacial score (nSPS) is 10.5. The molecule has 0 bridgehead atoms. The summed E-state index contributed by atoms with van der Waals surface area (Å²) in [5.74, 6) is 0.00297. The quantitative estimate of drug-likeness (QED) is 0.735. The third kappa shape index (κ3) is 2.28. The maximum absolute atomic E-state index is 12.0. The van der Waals surface area contributed by atoms with Gasteiger partial charge in [-0.1, -0.05) is 18.2 Å². The molecule has 0 atom stereocenters. The predicted octanol–water partition coefficient (Wildman–Crippen LogP) is 3.39. The van der Waals surface area contributed by atoms with Crippen molar-refractivity contribution in [2.45, 2.75) is 0 Å². The van der Waals surface area contributed by atoms with Gasteiger partial charge in [0.15, 0.2) is 5.76 Å². The molecule has 94 valence electrons. The van der Waals surface area contributed by atoms with Crippen LogP contribution in [0.5, 0.6) is 5.75 Å². The summed E-state index contributed by atoms with van der Waals surface area (Å²) in [6.45, 7) is 0. The first-order chi connectivity index (χ1) is 9.22. The summed E-state index contributed by atoms with van der Waals surface area (Å²) in [5.41, 5.74) is 1.19. The van der Waals surface area contributed by atoms with E-state index in [1.54, 1.807) is 30.3 Å². The van der Waals surface area contributed by atoms with Crippen LogP contribution in [0.3, 0.4) is 0 Å². The zero-order valence-electron chi connectivity index (χ0n) is 9.96. The zero-order valence-corrected chi connectivity index (χ0v) is 9.96. The molecule has 2 N–H and O–H groups in total. The average molecular weight is 253 g/mol. The van der Waals surface area contributed by atoms with Crippen LogP contribution in [0.15, 0.2) is 59.0 Å². The van der Waals surface area contributed by atoms with Crippen molar-refractivity contribution >= 4 is 22.6 Å². The summed E-state index contributed by atoms with van der Waals surface area (Å²) in [6.07, 6.45) is 0. The summed E-state index contributed by atoms with van der Waals surface area (Å²) in [6, 6.07) is 15.5. The molecule has 0 aliphatic rings. The van der Waals surface area contributed by atoms with Crippen LogP contribution < -0.4 is 5.32 Å². The number of para-hydroxylation sites is 1. The van der Waals surface area contributed by atoms with E-state index in [-0.39, 0.29) is 17.4 Å². The number of hydrogen-bond acceptors (Lipinski definition) is 3. The number of hydrogen-bond donors (Lipinski definition) is 2. The summed E-state index contributed by atoms with van der Waals surface area (Å²) >= 11 is 0. The Balaban J connectivity index is 1.89. The highest BCUT2D eigenvalue weighted by Gasteiger charge is 2.12. The fourth-order valence-corrected chi connectivity index (χ4v) is 1.85. The van der Waals surface area contributed by atoms with E-state index < -0.39 is 0 Å². The summed E-state index contributed by atoms with van der Waals surface area (Å²) in [4.78, 5) is 12.0. The van der Waals surface area contributed by atoms with Crippen molar-refractivity contribution in [3.63, 3.8) is 0 Å². The smallest absolute Gasteiger partial charge is 0.291 e. The van der Waals surface area contributed by atoms with Gasteiger partial charge >= 0.3 is 0 Å². The molecule has 1 heterocycles. The second-order valence-electron chi connectivity index (χ2n) is 4.15. The molecule has 0 unspecified atom stereocenters. The number of phenolic OH excluding ortho intramolecular Hbond substituents is 1. The number of furan rings is 1. The zero-order chi connectivity index (χ0) is 13.2. The Morgan fingerprint density at radius 2 is 1.84 bits per heavy atom. The number of aromatic hydroxyl groups is 1. The van der Waals surface area contributed by atoms with Gasteiger partial charge in [-0.25, -0.2) is 0 Å². The molecule has 3 rings (SSSR count). The van der Waals surface area contributed by atoms with E-state index in [4.69, 9.17) is 4.42 Å². The predicted molar refractivity (Wildman–Crippen MR) is 72.3 cm³/mol. The van der Waals surface area contributed by atoms with Crippen molar-refractivity contribution in [3.05, 3.63) is 60.4 Å². The SMILES string of the molecule is O=C(Nc1ccccc1)c1cc2ccc(O)cc2o1. The van der Waals surface area contributed by atoms with E-state index in [0.29, 0.717) is 11.3 Å². The lowest BCUT2D eigenvalue weighted by molar-refractivity contribution is 0.0998. The van der Waals surface area contributed by atoms with Gasteiger partial charge in [0.25, 0.3) is 5.91 Å². The molecule has 4 nitrogen and oxygen atoms in total. The van der Waals surface area contributed by atoms with Crippen LogP contribution in [0.25, 0.3) is 11.0 Å². The van der Waals surface area contributed by atoms with Crippen LogP contribution in [0.4, 0.5) is 5.69 Å². The monoisotopic (exact) mass is 253 g/mol. The summed E-state index contributed by atoms with van der Waals surface area (Å²) in [5, 5.41) is 12.9. The molecule has 2 aromatic carbocycles. The van der Waals surface area contributed by atoms with Crippen LogP contribution in [0.1, 0.15) is 10.6 Å². The largest absolute Gasteiger partial charge is 0.508 e. The first-order valence-electron chi connectivity index (χ1n) is 5.81. The van der Waals surface area contributed by atoms with E-state index >= 15 is 0 Å². The third-order valence-corrected chi connectivity index (χ3v) is 2.76. The molecule has 0 aliphatic heterocycles. The van der Waals surface area contributed by atoms with Crippen molar-refractivity contribution in [2.24, 2.45) is 0 Å². The Morgan fingerprint density at radius 3 is 2.63 bits per heavy atom. The van der Waals surface area contributed by atoms with Gasteiger partial charge in [0.2, 0.25) is 0 Å². The van der Waals surface area contributed by atoms with Gasteiger partial charge in [-0.3, -0.25) is 4.79 Å². The lowest BCUT2D eigenvalue weighted by Crippen LogP contribution is -2.10. The average Bonchev–Trinajstić information content (AvgIpc) is 2.83. The number of amides is 1. The molecule has 0 spiro atoms. The van der Waals surface area contributed by atoms with Crippen molar-refractivity contribution in [1.82, 2.24) is 0 Å². The van der Waals surface area contributed by atoms with E-state index in [1.807, 2.05) is 18.2 Å². The number of carbonyl (C=O) groups excluding carboxylic acids is 1. The van der Waals surface area contributed by atoms with Crippen LogP contribution in [0.2, 0.25) is 0 Å². The molecule has 0 fully saturated rings. The van der Waals surface area contributed by atoms with Gasteiger partial charge in [-0.05, 0) is 30.3 Å². The van der Waals surface area contributed by atoms with E-state index in [0.717, 1.165) is 5.39 Å². The molecule has 1 aromatic heterocycles. The minimum Gasteiger partial charge on any atom is -0.508 e. The van der Waals surface area contributed by atoms with Gasteiger partial charge in [0.05, 0.1) is 0 Å². The lowest BCUT2D eigenvalue weighted by atomic mass is 10.2. The lowest BCUT2D eigenvalue weighted by Gasteiger charge is -2.01. The van der Waals surface area contributed by atoms with Gasteiger partial charge in [0.1, 0.15) is 11.3 Å². The number of carbonyl (C=O) groups is 1. The second-order valence-corrected chi connectivity index (χ2v) is 4.15. The van der Waals surface area contributed by atoms with Gasteiger partial charge in [-0.2, -0.15) is 0 Å². The second kappa shape index (κ2) is 4.49. The van der Waals surface area contributed by atoms with Crippen LogP contribution in [-0.2, 0) is 0 Å². The molecule has 3 aromatic rings. The minimum atomic E-state index is -0.318. The van der Waals surface area contributed by atoms with Crippen molar-refractivity contribution in [3.8, 4) is 5.75 Å². The highest BCUT2D eigenvalue weighted by molar-refractivity contribution is 6.04. The first-order valence-corrected chi connectivity index (χ1v) is 5.81. The fraction of sp³-hybridized carbons (Fsp3) is 0. The number of rotatable bonds is 2. The van der Waals surface area contributed by atoms with Gasteiger partial charge in [0, 0.05) is 17.1 Å².